The molecule has 0 aliphatic carbocycles. The predicted octanol–water partition coefficient (Wildman–Crippen LogP) is 3.48. The van der Waals surface area contributed by atoms with Crippen LogP contribution in [0.1, 0.15) is 24.5 Å². The van der Waals surface area contributed by atoms with Crippen LogP contribution in [-0.2, 0) is 22.4 Å². The van der Waals surface area contributed by atoms with Crippen LogP contribution < -0.4 is 5.32 Å². The quantitative estimate of drug-likeness (QED) is 0.771. The Balaban J connectivity index is 2.05. The molecule has 0 aliphatic rings. The van der Waals surface area contributed by atoms with Gasteiger partial charge in [-0.1, -0.05) is 60.1 Å². The Labute approximate surface area is 160 Å². The van der Waals surface area contributed by atoms with Crippen molar-refractivity contribution in [1.29, 1.82) is 0 Å². The van der Waals surface area contributed by atoms with E-state index >= 15 is 0 Å². The van der Waals surface area contributed by atoms with Crippen molar-refractivity contribution in [2.75, 3.05) is 13.6 Å². The number of rotatable bonds is 8. The summed E-state index contributed by atoms with van der Waals surface area (Å²) in [5.74, 6) is -0.207. The van der Waals surface area contributed by atoms with Gasteiger partial charge in [0.05, 0.1) is 0 Å². The largest absolute Gasteiger partial charge is 0.357 e. The molecule has 0 fully saturated rings. The van der Waals surface area contributed by atoms with Crippen molar-refractivity contribution >= 4 is 23.4 Å². The summed E-state index contributed by atoms with van der Waals surface area (Å²) in [7, 11) is 1.59. The van der Waals surface area contributed by atoms with E-state index < -0.39 is 6.04 Å². The highest BCUT2D eigenvalue weighted by atomic mass is 35.5. The standard InChI is InChI=1S/C21H25ClN2O2/c1-16(21(26)23-2)24(15-14-17-8-4-3-5-9-17)20(25)13-12-18-10-6-7-11-19(18)22/h3-11,16H,12-15H2,1-2H3,(H,23,26). The number of hydrogen-bond donors (Lipinski definition) is 1. The summed E-state index contributed by atoms with van der Waals surface area (Å²) in [6, 6.07) is 17.0. The second kappa shape index (κ2) is 9.97. The highest BCUT2D eigenvalue weighted by Crippen LogP contribution is 2.17. The third kappa shape index (κ3) is 5.60. The maximum Gasteiger partial charge on any atom is 0.242 e. The van der Waals surface area contributed by atoms with Crippen LogP contribution in [0.3, 0.4) is 0 Å². The molecular formula is C21H25ClN2O2. The van der Waals surface area contributed by atoms with Crippen molar-refractivity contribution in [3.05, 3.63) is 70.7 Å². The summed E-state index contributed by atoms with van der Waals surface area (Å²) in [5, 5.41) is 3.29. The molecule has 26 heavy (non-hydrogen) atoms. The third-order valence-corrected chi connectivity index (χ3v) is 4.83. The lowest BCUT2D eigenvalue weighted by atomic mass is 10.1. The zero-order valence-corrected chi connectivity index (χ0v) is 16.0. The number of amides is 2. The highest BCUT2D eigenvalue weighted by molar-refractivity contribution is 6.31. The fourth-order valence-electron chi connectivity index (χ4n) is 2.87. The zero-order valence-electron chi connectivity index (χ0n) is 15.2. The molecule has 2 rings (SSSR count). The minimum Gasteiger partial charge on any atom is -0.357 e. The number of hydrogen-bond acceptors (Lipinski definition) is 2. The van der Waals surface area contributed by atoms with Gasteiger partial charge in [-0.2, -0.15) is 0 Å². The number of halogens is 1. The normalized spacial score (nSPS) is 11.7. The van der Waals surface area contributed by atoms with E-state index in [-0.39, 0.29) is 11.8 Å². The van der Waals surface area contributed by atoms with E-state index in [0.29, 0.717) is 30.8 Å². The van der Waals surface area contributed by atoms with Crippen LogP contribution >= 0.6 is 11.6 Å². The molecule has 0 bridgehead atoms. The molecule has 138 valence electrons. The van der Waals surface area contributed by atoms with Crippen molar-refractivity contribution < 1.29 is 9.59 Å². The summed E-state index contributed by atoms with van der Waals surface area (Å²) in [6.07, 6.45) is 1.58. The van der Waals surface area contributed by atoms with Gasteiger partial charge < -0.3 is 10.2 Å². The van der Waals surface area contributed by atoms with Crippen LogP contribution in [0, 0.1) is 0 Å². The van der Waals surface area contributed by atoms with E-state index in [1.54, 1.807) is 18.9 Å². The van der Waals surface area contributed by atoms with Crippen LogP contribution in [-0.4, -0.2) is 36.3 Å². The maximum atomic E-state index is 12.8. The summed E-state index contributed by atoms with van der Waals surface area (Å²) >= 11 is 6.17. The molecule has 4 nitrogen and oxygen atoms in total. The Hall–Kier alpha value is -2.33. The zero-order chi connectivity index (χ0) is 18.9. The minimum atomic E-state index is -0.512. The van der Waals surface area contributed by atoms with Gasteiger partial charge in [0.1, 0.15) is 6.04 Å². The molecule has 0 radical (unpaired) electrons. The van der Waals surface area contributed by atoms with Gasteiger partial charge in [-0.25, -0.2) is 0 Å². The summed E-state index contributed by atoms with van der Waals surface area (Å²) in [6.45, 7) is 2.26. The van der Waals surface area contributed by atoms with Gasteiger partial charge in [-0.15, -0.1) is 0 Å². The first-order chi connectivity index (χ1) is 12.5. The molecule has 2 aromatic carbocycles. The predicted molar refractivity (Wildman–Crippen MR) is 105 cm³/mol. The van der Waals surface area contributed by atoms with Gasteiger partial charge in [-0.05, 0) is 37.0 Å². The van der Waals surface area contributed by atoms with Crippen LogP contribution in [0.25, 0.3) is 0 Å². The molecule has 2 aromatic rings. The number of likely N-dealkylation sites (N-methyl/N-ethyl adjacent to an activating group) is 1. The lowest BCUT2D eigenvalue weighted by molar-refractivity contribution is -0.139. The Morgan fingerprint density at radius 2 is 1.69 bits per heavy atom. The second-order valence-electron chi connectivity index (χ2n) is 6.20. The summed E-state index contributed by atoms with van der Waals surface area (Å²) in [4.78, 5) is 26.5. The van der Waals surface area contributed by atoms with Crippen LogP contribution in [0.15, 0.2) is 54.6 Å². The molecule has 5 heteroatoms. The molecule has 0 heterocycles. The maximum absolute atomic E-state index is 12.8. The number of carbonyl (C=O) groups is 2. The van der Waals surface area contributed by atoms with Gasteiger partial charge >= 0.3 is 0 Å². The first-order valence-electron chi connectivity index (χ1n) is 8.81. The number of benzene rings is 2. The van der Waals surface area contributed by atoms with Gasteiger partial charge in [-0.3, -0.25) is 9.59 Å². The van der Waals surface area contributed by atoms with Crippen molar-refractivity contribution in [3.63, 3.8) is 0 Å². The fourth-order valence-corrected chi connectivity index (χ4v) is 3.10. The van der Waals surface area contributed by atoms with Gasteiger partial charge in [0, 0.05) is 25.0 Å². The van der Waals surface area contributed by atoms with E-state index in [1.165, 1.54) is 0 Å². The third-order valence-electron chi connectivity index (χ3n) is 4.46. The van der Waals surface area contributed by atoms with Crippen molar-refractivity contribution in [2.24, 2.45) is 0 Å². The van der Waals surface area contributed by atoms with E-state index in [2.05, 4.69) is 5.32 Å². The molecule has 0 aromatic heterocycles. The van der Waals surface area contributed by atoms with Gasteiger partial charge in [0.15, 0.2) is 0 Å². The molecule has 2 amide bonds. The second-order valence-corrected chi connectivity index (χ2v) is 6.61. The number of nitrogens with zero attached hydrogens (tertiary/aromatic N) is 1. The Bertz CT molecular complexity index is 734. The minimum absolute atomic E-state index is 0.0445. The lowest BCUT2D eigenvalue weighted by Crippen LogP contribution is -2.48. The van der Waals surface area contributed by atoms with Crippen LogP contribution in [0.2, 0.25) is 5.02 Å². The molecule has 0 saturated carbocycles. The first kappa shape index (κ1) is 20.0. The molecule has 1 N–H and O–H groups in total. The van der Waals surface area contributed by atoms with Crippen LogP contribution in [0.4, 0.5) is 0 Å². The number of nitrogens with one attached hydrogen (secondary N) is 1. The van der Waals surface area contributed by atoms with Crippen molar-refractivity contribution in [2.45, 2.75) is 32.2 Å². The number of carbonyl (C=O) groups excluding carboxylic acids is 2. The van der Waals surface area contributed by atoms with E-state index in [4.69, 9.17) is 11.6 Å². The highest BCUT2D eigenvalue weighted by Gasteiger charge is 2.24. The molecule has 1 atom stereocenters. The SMILES string of the molecule is CNC(=O)C(C)N(CCc1ccccc1)C(=O)CCc1ccccc1Cl. The Kier molecular flexibility index (Phi) is 7.67. The first-order valence-corrected chi connectivity index (χ1v) is 9.19. The molecule has 1 unspecified atom stereocenters. The average molecular weight is 373 g/mol. The summed E-state index contributed by atoms with van der Waals surface area (Å²) < 4.78 is 0. The summed E-state index contributed by atoms with van der Waals surface area (Å²) in [5.41, 5.74) is 2.08. The van der Waals surface area contributed by atoms with E-state index in [0.717, 1.165) is 11.1 Å². The molecular weight excluding hydrogens is 348 g/mol. The van der Waals surface area contributed by atoms with Gasteiger partial charge in [0.2, 0.25) is 11.8 Å². The Morgan fingerprint density at radius 3 is 2.35 bits per heavy atom. The topological polar surface area (TPSA) is 49.4 Å². The van der Waals surface area contributed by atoms with Crippen molar-refractivity contribution in [3.8, 4) is 0 Å². The van der Waals surface area contributed by atoms with E-state index in [1.807, 2.05) is 54.6 Å². The molecule has 0 saturated heterocycles. The van der Waals surface area contributed by atoms with Crippen LogP contribution in [0.5, 0.6) is 0 Å². The van der Waals surface area contributed by atoms with E-state index in [9.17, 15) is 9.59 Å². The molecule has 0 spiro atoms. The van der Waals surface area contributed by atoms with Gasteiger partial charge in [0.25, 0.3) is 0 Å². The Morgan fingerprint density at radius 1 is 1.04 bits per heavy atom. The average Bonchev–Trinajstić information content (AvgIpc) is 2.67. The van der Waals surface area contributed by atoms with Crippen molar-refractivity contribution in [1.82, 2.24) is 10.2 Å². The monoisotopic (exact) mass is 372 g/mol. The smallest absolute Gasteiger partial charge is 0.242 e. The number of aryl methyl sites for hydroxylation is 1. The fraction of sp³-hybridized carbons (Fsp3) is 0.333. The molecule has 0 aliphatic heterocycles. The lowest BCUT2D eigenvalue weighted by Gasteiger charge is -2.28.